The predicted octanol–water partition coefficient (Wildman–Crippen LogP) is 6.11. The van der Waals surface area contributed by atoms with Crippen LogP contribution in [-0.4, -0.2) is 19.1 Å². The number of halogens is 1. The van der Waals surface area contributed by atoms with Gasteiger partial charge in [-0.15, -0.1) is 13.2 Å². The molecule has 0 fully saturated rings. The normalized spacial score (nSPS) is 10.3. The molecule has 3 rings (SSSR count). The number of nitrogens with zero attached hydrogens (tertiary/aromatic N) is 1. The average Bonchev–Trinajstić information content (AvgIpc) is 2.80. The van der Waals surface area contributed by atoms with Crippen LogP contribution in [0.2, 0.25) is 0 Å². The average molecular weight is 432 g/mol. The number of hydrogen-bond acceptors (Lipinski definition) is 4. The maximum Gasteiger partial charge on any atom is 0.347 e. The van der Waals surface area contributed by atoms with E-state index in [1.807, 2.05) is 41.3 Å². The van der Waals surface area contributed by atoms with E-state index in [0.717, 1.165) is 5.56 Å². The fourth-order valence-corrected chi connectivity index (χ4v) is 3.30. The molecule has 32 heavy (non-hydrogen) atoms. The fraction of sp³-hybridized carbons (Fsp3) is 0.148. The van der Waals surface area contributed by atoms with Crippen LogP contribution in [0.4, 0.5) is 10.1 Å². The highest BCUT2D eigenvalue weighted by Crippen LogP contribution is 2.37. The van der Waals surface area contributed by atoms with E-state index in [2.05, 4.69) is 13.2 Å². The van der Waals surface area contributed by atoms with Crippen LogP contribution in [-0.2, 0) is 6.61 Å². The second-order valence-corrected chi connectivity index (χ2v) is 7.17. The van der Waals surface area contributed by atoms with Crippen molar-refractivity contribution in [2.45, 2.75) is 13.5 Å². The zero-order valence-corrected chi connectivity index (χ0v) is 18.1. The highest BCUT2D eigenvalue weighted by molar-refractivity contribution is 5.98. The van der Waals surface area contributed by atoms with Crippen molar-refractivity contribution in [1.29, 1.82) is 0 Å². The summed E-state index contributed by atoms with van der Waals surface area (Å²) in [5, 5.41) is 0. The fourth-order valence-electron chi connectivity index (χ4n) is 3.30. The highest BCUT2D eigenvalue weighted by atomic mass is 19.1. The molecule has 0 aliphatic heterocycles. The summed E-state index contributed by atoms with van der Waals surface area (Å²) in [5.74, 6) is -0.581. The molecular weight excluding hydrogens is 405 g/mol. The molecule has 0 N–H and O–H groups in total. The van der Waals surface area contributed by atoms with Crippen molar-refractivity contribution in [2.24, 2.45) is 0 Å². The minimum absolute atomic E-state index is 0.0536. The minimum atomic E-state index is -0.685. The number of rotatable bonds is 10. The molecule has 0 aliphatic carbocycles. The Labute approximate surface area is 188 Å². The Morgan fingerprint density at radius 1 is 1.00 bits per heavy atom. The smallest absolute Gasteiger partial charge is 0.347 e. The first-order valence-corrected chi connectivity index (χ1v) is 10.3. The lowest BCUT2D eigenvalue weighted by Crippen LogP contribution is -2.25. The molecule has 0 saturated heterocycles. The number of hydrogen-bond donors (Lipinski definition) is 0. The molecule has 0 heterocycles. The maximum absolute atomic E-state index is 15.0. The maximum atomic E-state index is 15.0. The SMILES string of the molecule is C=CCN(CC=C)c1cc(F)c(C)c(C(=O)Oc2ccccc2)c1OCc1ccccc1. The van der Waals surface area contributed by atoms with Crippen molar-refractivity contribution in [1.82, 2.24) is 0 Å². The van der Waals surface area contributed by atoms with Gasteiger partial charge in [-0.25, -0.2) is 9.18 Å². The molecule has 0 unspecified atom stereocenters. The van der Waals surface area contributed by atoms with Gasteiger partial charge in [0.1, 0.15) is 23.7 Å². The molecule has 0 bridgehead atoms. The molecule has 5 heteroatoms. The monoisotopic (exact) mass is 431 g/mol. The van der Waals surface area contributed by atoms with E-state index < -0.39 is 11.8 Å². The van der Waals surface area contributed by atoms with Crippen molar-refractivity contribution >= 4 is 11.7 Å². The van der Waals surface area contributed by atoms with Crippen LogP contribution in [0.3, 0.4) is 0 Å². The summed E-state index contributed by atoms with van der Waals surface area (Å²) in [4.78, 5) is 15.0. The largest absolute Gasteiger partial charge is 0.486 e. The third kappa shape index (κ3) is 5.43. The molecule has 0 aliphatic rings. The Balaban J connectivity index is 2.10. The topological polar surface area (TPSA) is 38.8 Å². The van der Waals surface area contributed by atoms with Gasteiger partial charge in [0, 0.05) is 24.7 Å². The summed E-state index contributed by atoms with van der Waals surface area (Å²) in [6, 6.07) is 19.6. The molecule has 4 nitrogen and oxygen atoms in total. The van der Waals surface area contributed by atoms with E-state index in [0.29, 0.717) is 24.5 Å². The van der Waals surface area contributed by atoms with Crippen molar-refractivity contribution in [3.8, 4) is 11.5 Å². The first-order valence-electron chi connectivity index (χ1n) is 10.3. The van der Waals surface area contributed by atoms with Gasteiger partial charge in [-0.1, -0.05) is 60.7 Å². The van der Waals surface area contributed by atoms with Crippen molar-refractivity contribution in [3.05, 3.63) is 115 Å². The zero-order valence-electron chi connectivity index (χ0n) is 18.1. The second kappa shape index (κ2) is 11.0. The number of para-hydroxylation sites is 1. The third-order valence-corrected chi connectivity index (χ3v) is 4.88. The number of anilines is 1. The van der Waals surface area contributed by atoms with E-state index in [4.69, 9.17) is 9.47 Å². The summed E-state index contributed by atoms with van der Waals surface area (Å²) in [6.07, 6.45) is 3.40. The van der Waals surface area contributed by atoms with Gasteiger partial charge in [0.25, 0.3) is 0 Å². The number of benzene rings is 3. The molecular formula is C27H26FNO3. The molecule has 3 aromatic carbocycles. The van der Waals surface area contributed by atoms with E-state index >= 15 is 0 Å². The number of carbonyl (C=O) groups excluding carboxylic acids is 1. The van der Waals surface area contributed by atoms with E-state index in [-0.39, 0.29) is 23.5 Å². The second-order valence-electron chi connectivity index (χ2n) is 7.17. The van der Waals surface area contributed by atoms with Crippen molar-refractivity contribution in [3.63, 3.8) is 0 Å². The number of ether oxygens (including phenoxy) is 2. The molecule has 0 spiro atoms. The van der Waals surface area contributed by atoms with Gasteiger partial charge >= 0.3 is 5.97 Å². The van der Waals surface area contributed by atoms with Gasteiger partial charge in [-0.2, -0.15) is 0 Å². The van der Waals surface area contributed by atoms with Crippen LogP contribution < -0.4 is 14.4 Å². The van der Waals surface area contributed by atoms with Gasteiger partial charge in [0.2, 0.25) is 0 Å². The van der Waals surface area contributed by atoms with Crippen LogP contribution in [0.5, 0.6) is 11.5 Å². The van der Waals surface area contributed by atoms with Gasteiger partial charge in [0.05, 0.1) is 5.69 Å². The Morgan fingerprint density at radius 2 is 1.59 bits per heavy atom. The lowest BCUT2D eigenvalue weighted by Gasteiger charge is -2.27. The Hall–Kier alpha value is -3.86. The standard InChI is InChI=1S/C27H26FNO3/c1-4-16-29(17-5-2)24-18-23(28)20(3)25(27(30)32-22-14-10-7-11-15-22)26(24)31-19-21-12-8-6-9-13-21/h4-15,18H,1-2,16-17,19H2,3H3. The lowest BCUT2D eigenvalue weighted by atomic mass is 10.0. The molecule has 0 aromatic heterocycles. The van der Waals surface area contributed by atoms with E-state index in [9.17, 15) is 9.18 Å². The molecule has 0 amide bonds. The zero-order chi connectivity index (χ0) is 22.9. The minimum Gasteiger partial charge on any atom is -0.486 e. The van der Waals surface area contributed by atoms with Gasteiger partial charge in [0.15, 0.2) is 5.75 Å². The summed E-state index contributed by atoms with van der Waals surface area (Å²) in [5.41, 5.74) is 1.57. The number of carbonyl (C=O) groups is 1. The van der Waals surface area contributed by atoms with E-state index in [1.54, 1.807) is 43.3 Å². The Kier molecular flexibility index (Phi) is 7.81. The highest BCUT2D eigenvalue weighted by Gasteiger charge is 2.26. The molecule has 0 radical (unpaired) electrons. The number of esters is 1. The van der Waals surface area contributed by atoms with Gasteiger partial charge < -0.3 is 14.4 Å². The van der Waals surface area contributed by atoms with Crippen molar-refractivity contribution in [2.75, 3.05) is 18.0 Å². The lowest BCUT2D eigenvalue weighted by molar-refractivity contribution is 0.0728. The molecule has 164 valence electrons. The Bertz CT molecular complexity index is 1070. The van der Waals surface area contributed by atoms with Crippen LogP contribution >= 0.6 is 0 Å². The summed E-state index contributed by atoms with van der Waals surface area (Å²) < 4.78 is 26.7. The van der Waals surface area contributed by atoms with Crippen LogP contribution in [0.25, 0.3) is 0 Å². The van der Waals surface area contributed by atoms with Crippen LogP contribution in [0.15, 0.2) is 92.0 Å². The summed E-state index contributed by atoms with van der Waals surface area (Å²) in [6.45, 7) is 10.2. The van der Waals surface area contributed by atoms with Crippen LogP contribution in [0.1, 0.15) is 21.5 Å². The van der Waals surface area contributed by atoms with Gasteiger partial charge in [-0.3, -0.25) is 0 Å². The third-order valence-electron chi connectivity index (χ3n) is 4.88. The first-order chi connectivity index (χ1) is 15.5. The Morgan fingerprint density at radius 3 is 2.19 bits per heavy atom. The van der Waals surface area contributed by atoms with E-state index in [1.165, 1.54) is 6.07 Å². The molecule has 0 saturated carbocycles. The molecule has 3 aromatic rings. The summed E-state index contributed by atoms with van der Waals surface area (Å²) in [7, 11) is 0. The molecule has 0 atom stereocenters. The van der Waals surface area contributed by atoms with Crippen molar-refractivity contribution < 1.29 is 18.7 Å². The van der Waals surface area contributed by atoms with Crippen LogP contribution in [0, 0.1) is 12.7 Å². The first kappa shape index (κ1) is 22.8. The quantitative estimate of drug-likeness (QED) is 0.221. The predicted molar refractivity (Wildman–Crippen MR) is 126 cm³/mol. The van der Waals surface area contributed by atoms with Gasteiger partial charge in [-0.05, 0) is 24.6 Å². The summed E-state index contributed by atoms with van der Waals surface area (Å²) >= 11 is 0.